The van der Waals surface area contributed by atoms with Crippen molar-refractivity contribution in [3.05, 3.63) is 0 Å². The predicted octanol–water partition coefficient (Wildman–Crippen LogP) is 2.31. The largest absolute Gasteiger partial charge is 0.214 e. The van der Waals surface area contributed by atoms with Crippen LogP contribution in [0.25, 0.3) is 0 Å². The van der Waals surface area contributed by atoms with Crippen molar-refractivity contribution in [3.8, 4) is 0 Å². The van der Waals surface area contributed by atoms with Gasteiger partial charge in [0.2, 0.25) is 10.0 Å². The second-order valence-electron chi connectivity index (χ2n) is 4.42. The second kappa shape index (κ2) is 6.71. The summed E-state index contributed by atoms with van der Waals surface area (Å²) in [5, 5.41) is 0. The molecule has 15 heavy (non-hydrogen) atoms. The zero-order valence-electron chi connectivity index (χ0n) is 10.0. The lowest BCUT2D eigenvalue weighted by atomic mass is 10.3. The van der Waals surface area contributed by atoms with E-state index in [0.717, 1.165) is 0 Å². The number of alkyl halides is 1. The summed E-state index contributed by atoms with van der Waals surface area (Å²) in [6.45, 7) is 8.14. The van der Waals surface area contributed by atoms with Crippen LogP contribution >= 0.6 is 11.6 Å². The first-order valence-electron chi connectivity index (χ1n) is 5.36. The highest BCUT2D eigenvalue weighted by Crippen LogP contribution is 2.12. The Morgan fingerprint density at radius 2 is 1.73 bits per heavy atom. The van der Waals surface area contributed by atoms with Crippen molar-refractivity contribution >= 4 is 21.6 Å². The van der Waals surface area contributed by atoms with Crippen LogP contribution in [0.4, 0.5) is 0 Å². The Balaban J connectivity index is 4.60. The monoisotopic (exact) mass is 255 g/mol. The summed E-state index contributed by atoms with van der Waals surface area (Å²) >= 11 is 5.58. The van der Waals surface area contributed by atoms with Crippen molar-refractivity contribution in [2.45, 2.75) is 40.2 Å². The number of halogens is 1. The lowest BCUT2D eigenvalue weighted by Crippen LogP contribution is -2.40. The van der Waals surface area contributed by atoms with Gasteiger partial charge in [-0.2, -0.15) is 4.31 Å². The van der Waals surface area contributed by atoms with Gasteiger partial charge >= 0.3 is 0 Å². The third-order valence-corrected chi connectivity index (χ3v) is 4.66. The van der Waals surface area contributed by atoms with Crippen molar-refractivity contribution in [1.29, 1.82) is 0 Å². The van der Waals surface area contributed by atoms with Crippen molar-refractivity contribution < 1.29 is 8.42 Å². The van der Waals surface area contributed by atoms with E-state index in [0.29, 0.717) is 18.8 Å². The molecule has 0 aromatic rings. The van der Waals surface area contributed by atoms with Gasteiger partial charge < -0.3 is 0 Å². The fraction of sp³-hybridized carbons (Fsp3) is 1.00. The Kier molecular flexibility index (Phi) is 6.80. The minimum Gasteiger partial charge on any atom is -0.212 e. The van der Waals surface area contributed by atoms with Crippen LogP contribution in [0.5, 0.6) is 0 Å². The first-order chi connectivity index (χ1) is 6.81. The van der Waals surface area contributed by atoms with Gasteiger partial charge in [-0.05, 0) is 26.2 Å². The molecule has 0 aromatic carbocycles. The summed E-state index contributed by atoms with van der Waals surface area (Å²) in [6, 6.07) is 0.0111. The quantitative estimate of drug-likeness (QED) is 0.655. The first-order valence-corrected chi connectivity index (χ1v) is 7.51. The molecule has 5 heteroatoms. The van der Waals surface area contributed by atoms with E-state index in [1.165, 1.54) is 0 Å². The summed E-state index contributed by atoms with van der Waals surface area (Å²) in [4.78, 5) is 0. The van der Waals surface area contributed by atoms with Gasteiger partial charge in [-0.25, -0.2) is 8.42 Å². The van der Waals surface area contributed by atoms with Gasteiger partial charge in [0.15, 0.2) is 0 Å². The summed E-state index contributed by atoms with van der Waals surface area (Å²) in [6.07, 6.45) is 0.705. The van der Waals surface area contributed by atoms with Gasteiger partial charge in [-0.3, -0.25) is 0 Å². The lowest BCUT2D eigenvalue weighted by molar-refractivity contribution is 0.352. The van der Waals surface area contributed by atoms with Crippen molar-refractivity contribution in [1.82, 2.24) is 4.31 Å². The zero-order chi connectivity index (χ0) is 12.1. The van der Waals surface area contributed by atoms with E-state index in [1.807, 2.05) is 27.7 Å². The molecule has 92 valence electrons. The van der Waals surface area contributed by atoms with E-state index in [1.54, 1.807) is 4.31 Å². The molecule has 0 saturated carbocycles. The molecule has 0 heterocycles. The van der Waals surface area contributed by atoms with E-state index in [4.69, 9.17) is 11.6 Å². The number of sulfonamides is 1. The summed E-state index contributed by atoms with van der Waals surface area (Å²) in [5.41, 5.74) is 0. The van der Waals surface area contributed by atoms with Crippen LogP contribution in [0.3, 0.4) is 0 Å². The molecule has 0 unspecified atom stereocenters. The van der Waals surface area contributed by atoms with Crippen LogP contribution in [0.2, 0.25) is 0 Å². The van der Waals surface area contributed by atoms with Crippen LogP contribution in [0.1, 0.15) is 34.1 Å². The molecule has 0 amide bonds. The number of rotatable bonds is 7. The molecule has 0 N–H and O–H groups in total. The van der Waals surface area contributed by atoms with Crippen molar-refractivity contribution in [3.63, 3.8) is 0 Å². The molecule has 0 bridgehead atoms. The normalized spacial score (nSPS) is 13.1. The van der Waals surface area contributed by atoms with Gasteiger partial charge in [-0.1, -0.05) is 13.8 Å². The molecule has 0 aliphatic heterocycles. The molecular weight excluding hydrogens is 234 g/mol. The highest BCUT2D eigenvalue weighted by molar-refractivity contribution is 7.89. The molecule has 0 fully saturated rings. The van der Waals surface area contributed by atoms with Gasteiger partial charge in [0.1, 0.15) is 0 Å². The average Bonchev–Trinajstić information content (AvgIpc) is 2.00. The Bertz CT molecular complexity index is 263. The second-order valence-corrected chi connectivity index (χ2v) is 6.76. The van der Waals surface area contributed by atoms with Crippen LogP contribution in [0.15, 0.2) is 0 Å². The SMILES string of the molecule is CC(C)CS(=O)(=O)N(CCCCl)C(C)C. The van der Waals surface area contributed by atoms with E-state index in [-0.39, 0.29) is 17.7 Å². The highest BCUT2D eigenvalue weighted by atomic mass is 35.5. The molecule has 3 nitrogen and oxygen atoms in total. The summed E-state index contributed by atoms with van der Waals surface area (Å²) in [7, 11) is -3.12. The summed E-state index contributed by atoms with van der Waals surface area (Å²) in [5.74, 6) is 0.876. The Hall–Kier alpha value is 0.200. The minimum absolute atomic E-state index is 0.0111. The minimum atomic E-state index is -3.12. The maximum absolute atomic E-state index is 12.0. The maximum Gasteiger partial charge on any atom is 0.214 e. The fourth-order valence-corrected chi connectivity index (χ4v) is 3.65. The van der Waals surface area contributed by atoms with Crippen LogP contribution in [0, 0.1) is 5.92 Å². The van der Waals surface area contributed by atoms with Crippen LogP contribution < -0.4 is 0 Å². The third-order valence-electron chi connectivity index (χ3n) is 1.99. The zero-order valence-corrected chi connectivity index (χ0v) is 11.6. The van der Waals surface area contributed by atoms with Gasteiger partial charge in [0.05, 0.1) is 5.75 Å². The van der Waals surface area contributed by atoms with Crippen molar-refractivity contribution in [2.75, 3.05) is 18.2 Å². The third kappa shape index (κ3) is 5.73. The summed E-state index contributed by atoms with van der Waals surface area (Å²) < 4.78 is 25.5. The highest BCUT2D eigenvalue weighted by Gasteiger charge is 2.24. The first kappa shape index (κ1) is 15.2. The fourth-order valence-electron chi connectivity index (χ4n) is 1.45. The van der Waals surface area contributed by atoms with Crippen LogP contribution in [-0.2, 0) is 10.0 Å². The van der Waals surface area contributed by atoms with Gasteiger partial charge in [0.25, 0.3) is 0 Å². The molecule has 0 radical (unpaired) electrons. The van der Waals surface area contributed by atoms with E-state index >= 15 is 0 Å². The van der Waals surface area contributed by atoms with Gasteiger partial charge in [0, 0.05) is 18.5 Å². The molecule has 0 rings (SSSR count). The maximum atomic E-state index is 12.0. The predicted molar refractivity (Wildman–Crippen MR) is 65.8 cm³/mol. The molecule has 0 aromatic heterocycles. The smallest absolute Gasteiger partial charge is 0.212 e. The Morgan fingerprint density at radius 1 is 1.20 bits per heavy atom. The molecular formula is C10H22ClNO2S. The van der Waals surface area contributed by atoms with E-state index < -0.39 is 10.0 Å². The van der Waals surface area contributed by atoms with E-state index in [9.17, 15) is 8.42 Å². The Morgan fingerprint density at radius 3 is 2.07 bits per heavy atom. The average molecular weight is 256 g/mol. The molecule has 0 aliphatic carbocycles. The van der Waals surface area contributed by atoms with E-state index in [2.05, 4.69) is 0 Å². The van der Waals surface area contributed by atoms with Gasteiger partial charge in [-0.15, -0.1) is 11.6 Å². The lowest BCUT2D eigenvalue weighted by Gasteiger charge is -2.26. The standard InChI is InChI=1S/C10H22ClNO2S/c1-9(2)8-15(13,14)12(10(3)4)7-5-6-11/h9-10H,5-8H2,1-4H3. The molecule has 0 aliphatic rings. The van der Waals surface area contributed by atoms with Crippen LogP contribution in [-0.4, -0.2) is 36.9 Å². The molecule has 0 saturated heterocycles. The molecule has 0 atom stereocenters. The van der Waals surface area contributed by atoms with Crippen molar-refractivity contribution in [2.24, 2.45) is 5.92 Å². The number of hydrogen-bond donors (Lipinski definition) is 0. The number of nitrogens with zero attached hydrogens (tertiary/aromatic N) is 1. The molecule has 0 spiro atoms. The topological polar surface area (TPSA) is 37.4 Å². The number of hydrogen-bond acceptors (Lipinski definition) is 2. The Labute approximate surface area is 98.8 Å².